The number of hydrogen-bond donors (Lipinski definition) is 0. The van der Waals surface area contributed by atoms with Gasteiger partial charge in [0.25, 0.3) is 5.56 Å². The molecule has 51 heavy (non-hydrogen) atoms. The van der Waals surface area contributed by atoms with Gasteiger partial charge in [-0.2, -0.15) is 18.2 Å². The Labute approximate surface area is 289 Å². The molecule has 268 valence electrons. The smallest absolute Gasteiger partial charge is 0.336 e. The van der Waals surface area contributed by atoms with Crippen molar-refractivity contribution in [1.29, 1.82) is 0 Å². The first-order chi connectivity index (χ1) is 24.3. The van der Waals surface area contributed by atoms with Crippen LogP contribution in [-0.2, 0) is 36.9 Å². The molecule has 5 rings (SSSR count). The average Bonchev–Trinajstić information content (AvgIpc) is 3.11. The second-order valence-electron chi connectivity index (χ2n) is 12.0. The quantitative estimate of drug-likeness (QED) is 0.0925. The lowest BCUT2D eigenvalue weighted by atomic mass is 10.0. The van der Waals surface area contributed by atoms with Crippen LogP contribution in [0.1, 0.15) is 36.4 Å². The van der Waals surface area contributed by atoms with E-state index in [1.165, 1.54) is 22.8 Å². The number of fused-ring (bicyclic) bond motifs is 1. The van der Waals surface area contributed by atoms with Gasteiger partial charge in [-0.05, 0) is 78.2 Å². The van der Waals surface area contributed by atoms with Crippen LogP contribution in [0.15, 0.2) is 83.7 Å². The molecule has 0 aliphatic heterocycles. The van der Waals surface area contributed by atoms with Gasteiger partial charge in [-0.25, -0.2) is 17.6 Å². The summed E-state index contributed by atoms with van der Waals surface area (Å²) < 4.78 is 96.7. The third-order valence-electron chi connectivity index (χ3n) is 8.85. The monoisotopic (exact) mass is 712 g/mol. The molecule has 1 amide bonds. The molecular formula is C38H35F7N4O2. The van der Waals surface area contributed by atoms with Gasteiger partial charge in [-0.15, -0.1) is 0 Å². The standard InChI is InChI=1S/C38H35F7N4O2/c1-3-47(4-2)19-20-48(22-24-5-7-25(8-6-24)26-9-13-28(14-10-26)38(43,44)45)34(50)23-49-32-17-15-29(39)21-30(32)37(51)46-33(49)18-12-27-11-16-31(40)36(42)35(27)41/h5-11,13-17,21H,3-4,12,18-20,22-23H2,1-2H3. The second-order valence-corrected chi connectivity index (χ2v) is 12.0. The van der Waals surface area contributed by atoms with Crippen LogP contribution in [0.3, 0.4) is 0 Å². The largest absolute Gasteiger partial charge is 0.416 e. The molecule has 0 spiro atoms. The number of carbonyl (C=O) groups is 1. The first-order valence-corrected chi connectivity index (χ1v) is 16.4. The molecule has 4 aromatic carbocycles. The summed E-state index contributed by atoms with van der Waals surface area (Å²) in [5.41, 5.74) is 0.581. The van der Waals surface area contributed by atoms with Crippen molar-refractivity contribution in [2.75, 3.05) is 26.2 Å². The lowest BCUT2D eigenvalue weighted by molar-refractivity contribution is -0.137. The maximum Gasteiger partial charge on any atom is 0.416 e. The zero-order valence-corrected chi connectivity index (χ0v) is 27.9. The number of halogens is 7. The number of likely N-dealkylation sites (N-methyl/N-ethyl adjacent to an activating group) is 1. The normalized spacial score (nSPS) is 11.8. The fraction of sp³-hybridized carbons (Fsp3) is 0.289. The Morgan fingerprint density at radius 2 is 1.43 bits per heavy atom. The summed E-state index contributed by atoms with van der Waals surface area (Å²) in [7, 11) is 0. The Bertz CT molecular complexity index is 2060. The minimum Gasteiger partial charge on any atom is -0.336 e. The van der Waals surface area contributed by atoms with Crippen LogP contribution < -0.4 is 5.56 Å². The van der Waals surface area contributed by atoms with Crippen LogP contribution in [0, 0.1) is 23.3 Å². The van der Waals surface area contributed by atoms with E-state index < -0.39 is 40.6 Å². The Hall–Kier alpha value is -5.04. The first-order valence-electron chi connectivity index (χ1n) is 16.4. The van der Waals surface area contributed by atoms with Gasteiger partial charge in [0.05, 0.1) is 16.5 Å². The fourth-order valence-corrected chi connectivity index (χ4v) is 5.87. The Morgan fingerprint density at radius 3 is 2.06 bits per heavy atom. The number of benzene rings is 4. The summed E-state index contributed by atoms with van der Waals surface area (Å²) in [5.74, 6) is -5.32. The first kappa shape index (κ1) is 37.2. The van der Waals surface area contributed by atoms with Crippen molar-refractivity contribution in [2.24, 2.45) is 0 Å². The molecule has 13 heteroatoms. The number of hydrogen-bond acceptors (Lipinski definition) is 4. The van der Waals surface area contributed by atoms with Gasteiger partial charge in [0, 0.05) is 26.1 Å². The van der Waals surface area contributed by atoms with Gasteiger partial charge in [0.2, 0.25) is 5.91 Å². The molecule has 1 aromatic heterocycles. The van der Waals surface area contributed by atoms with Gasteiger partial charge in [-0.3, -0.25) is 9.59 Å². The fourth-order valence-electron chi connectivity index (χ4n) is 5.87. The zero-order valence-electron chi connectivity index (χ0n) is 27.9. The second kappa shape index (κ2) is 15.9. The highest BCUT2D eigenvalue weighted by Gasteiger charge is 2.30. The average molecular weight is 713 g/mol. The summed E-state index contributed by atoms with van der Waals surface area (Å²) in [6.07, 6.45) is -4.74. The molecule has 0 fully saturated rings. The predicted molar refractivity (Wildman–Crippen MR) is 180 cm³/mol. The van der Waals surface area contributed by atoms with E-state index in [-0.39, 0.29) is 54.1 Å². The summed E-state index contributed by atoms with van der Waals surface area (Å²) in [6, 6.07) is 17.3. The highest BCUT2D eigenvalue weighted by molar-refractivity contribution is 5.82. The number of alkyl halides is 3. The van der Waals surface area contributed by atoms with Crippen LogP contribution in [0.5, 0.6) is 0 Å². The van der Waals surface area contributed by atoms with Crippen molar-refractivity contribution < 1.29 is 35.5 Å². The van der Waals surface area contributed by atoms with Crippen LogP contribution >= 0.6 is 0 Å². The van der Waals surface area contributed by atoms with Gasteiger partial charge in [0.15, 0.2) is 17.5 Å². The number of nitrogens with zero attached hydrogens (tertiary/aromatic N) is 4. The van der Waals surface area contributed by atoms with Crippen molar-refractivity contribution in [1.82, 2.24) is 19.4 Å². The van der Waals surface area contributed by atoms with Crippen LogP contribution in [-0.4, -0.2) is 51.4 Å². The molecule has 0 aliphatic rings. The van der Waals surface area contributed by atoms with Crippen LogP contribution in [0.25, 0.3) is 22.0 Å². The van der Waals surface area contributed by atoms with Gasteiger partial charge in [-0.1, -0.05) is 56.3 Å². The van der Waals surface area contributed by atoms with E-state index in [2.05, 4.69) is 9.88 Å². The molecule has 0 atom stereocenters. The van der Waals surface area contributed by atoms with Crippen molar-refractivity contribution in [3.8, 4) is 11.1 Å². The van der Waals surface area contributed by atoms with Crippen LogP contribution in [0.2, 0.25) is 0 Å². The molecule has 0 N–H and O–H groups in total. The van der Waals surface area contributed by atoms with Gasteiger partial charge >= 0.3 is 6.18 Å². The van der Waals surface area contributed by atoms with Gasteiger partial charge in [0.1, 0.15) is 18.2 Å². The molecule has 0 saturated carbocycles. The summed E-state index contributed by atoms with van der Waals surface area (Å²) in [4.78, 5) is 34.9. The van der Waals surface area contributed by atoms with Crippen LogP contribution in [0.4, 0.5) is 30.7 Å². The third kappa shape index (κ3) is 8.83. The Morgan fingerprint density at radius 1 is 0.784 bits per heavy atom. The highest BCUT2D eigenvalue weighted by Crippen LogP contribution is 2.31. The molecule has 0 saturated heterocycles. The molecule has 0 bridgehead atoms. The summed E-state index contributed by atoms with van der Waals surface area (Å²) in [6.45, 7) is 6.17. The molecule has 0 unspecified atom stereocenters. The molecule has 6 nitrogen and oxygen atoms in total. The molecule has 1 heterocycles. The SMILES string of the molecule is CCN(CC)CCN(Cc1ccc(-c2ccc(C(F)(F)F)cc2)cc1)C(=O)Cn1c(CCc2ccc(F)c(F)c2F)nc(=O)c2cc(F)ccc21. The topological polar surface area (TPSA) is 58.4 Å². The number of carbonyl (C=O) groups excluding carboxylic acids is 1. The van der Waals surface area contributed by atoms with Gasteiger partial charge < -0.3 is 14.4 Å². The number of rotatable bonds is 13. The molecule has 5 aromatic rings. The van der Waals surface area contributed by atoms with Crippen molar-refractivity contribution in [3.05, 3.63) is 135 Å². The predicted octanol–water partition coefficient (Wildman–Crippen LogP) is 7.79. The maximum absolute atomic E-state index is 14.5. The zero-order chi connectivity index (χ0) is 36.9. The molecule has 0 radical (unpaired) electrons. The van der Waals surface area contributed by atoms with Crippen molar-refractivity contribution in [3.63, 3.8) is 0 Å². The Balaban J connectivity index is 1.44. The highest BCUT2D eigenvalue weighted by atomic mass is 19.4. The lowest BCUT2D eigenvalue weighted by Crippen LogP contribution is -2.40. The summed E-state index contributed by atoms with van der Waals surface area (Å²) >= 11 is 0. The van der Waals surface area contributed by atoms with Crippen molar-refractivity contribution in [2.45, 2.75) is 46.0 Å². The third-order valence-corrected chi connectivity index (χ3v) is 8.85. The van der Waals surface area contributed by atoms with E-state index in [9.17, 15) is 40.3 Å². The lowest BCUT2D eigenvalue weighted by Gasteiger charge is -2.28. The van der Waals surface area contributed by atoms with E-state index >= 15 is 0 Å². The molecule has 0 aliphatic carbocycles. The number of amides is 1. The minimum absolute atomic E-state index is 0.0703. The van der Waals surface area contributed by atoms with Crippen molar-refractivity contribution >= 4 is 16.8 Å². The van der Waals surface area contributed by atoms with E-state index in [1.54, 1.807) is 29.2 Å². The number of aryl methyl sites for hydroxylation is 2. The maximum atomic E-state index is 14.5. The number of aromatic nitrogens is 2. The minimum atomic E-state index is -4.45. The molecular weight excluding hydrogens is 677 g/mol. The van der Waals surface area contributed by atoms with E-state index in [1.807, 2.05) is 13.8 Å². The summed E-state index contributed by atoms with van der Waals surface area (Å²) in [5, 5.41) is -0.0703. The Kier molecular flexibility index (Phi) is 11.6. The van der Waals surface area contributed by atoms with E-state index in [0.717, 1.165) is 55.1 Å². The van der Waals surface area contributed by atoms with E-state index in [4.69, 9.17) is 0 Å². The van der Waals surface area contributed by atoms with E-state index in [0.29, 0.717) is 24.2 Å².